The van der Waals surface area contributed by atoms with Crippen LogP contribution in [0, 0.1) is 0 Å². The minimum Gasteiger partial charge on any atom is -0.370 e. The molecule has 0 saturated carbocycles. The highest BCUT2D eigenvalue weighted by Gasteiger charge is 2.18. The Morgan fingerprint density at radius 3 is 2.31 bits per heavy atom. The molecule has 92 valence electrons. The van der Waals surface area contributed by atoms with Gasteiger partial charge in [0.2, 0.25) is 5.91 Å². The topological polar surface area (TPSA) is 122 Å². The van der Waals surface area contributed by atoms with Crippen molar-refractivity contribution < 1.29 is 24.2 Å². The van der Waals surface area contributed by atoms with Crippen LogP contribution in [0.4, 0.5) is 0 Å². The Bertz CT molecular complexity index is 267. The number of hydrogen-bond acceptors (Lipinski definition) is 6. The van der Waals surface area contributed by atoms with Gasteiger partial charge in [0, 0.05) is 12.8 Å². The second kappa shape index (κ2) is 7.63. The summed E-state index contributed by atoms with van der Waals surface area (Å²) < 4.78 is 0. The number of hydrogen-bond donors (Lipinski definition) is 2. The molecule has 0 heterocycles. The van der Waals surface area contributed by atoms with Crippen molar-refractivity contribution in [3.05, 3.63) is 0 Å². The molecule has 1 atom stereocenters. The molecule has 0 aromatic heterocycles. The lowest BCUT2D eigenvalue weighted by molar-refractivity contribution is -0.260. The molecule has 0 aromatic carbocycles. The Hall–Kier alpha value is -1.63. The molecule has 0 aliphatic rings. The summed E-state index contributed by atoms with van der Waals surface area (Å²) >= 11 is 0. The molecule has 0 aliphatic carbocycles. The molecule has 0 radical (unpaired) electrons. The molecule has 0 saturated heterocycles. The third kappa shape index (κ3) is 6.77. The van der Waals surface area contributed by atoms with E-state index in [0.29, 0.717) is 6.42 Å². The molecule has 0 aliphatic heterocycles. The van der Waals surface area contributed by atoms with Crippen molar-refractivity contribution in [1.82, 2.24) is 0 Å². The van der Waals surface area contributed by atoms with Gasteiger partial charge in [0.25, 0.3) is 0 Å². The summed E-state index contributed by atoms with van der Waals surface area (Å²) in [5.74, 6) is -2.10. The van der Waals surface area contributed by atoms with Gasteiger partial charge >= 0.3 is 11.9 Å². The van der Waals surface area contributed by atoms with E-state index >= 15 is 0 Å². The van der Waals surface area contributed by atoms with E-state index in [9.17, 15) is 14.4 Å². The first kappa shape index (κ1) is 14.4. The van der Waals surface area contributed by atoms with Gasteiger partial charge in [-0.05, 0) is 12.8 Å². The first-order valence-corrected chi connectivity index (χ1v) is 4.92. The van der Waals surface area contributed by atoms with Crippen LogP contribution in [0.5, 0.6) is 0 Å². The smallest absolute Gasteiger partial charge is 0.370 e. The molecule has 0 aromatic rings. The lowest BCUT2D eigenvalue weighted by atomic mass is 10.2. The fourth-order valence-electron chi connectivity index (χ4n) is 0.811. The van der Waals surface area contributed by atoms with Crippen molar-refractivity contribution in [3.8, 4) is 0 Å². The van der Waals surface area contributed by atoms with Gasteiger partial charge in [-0.2, -0.15) is 0 Å². The van der Waals surface area contributed by atoms with E-state index in [4.69, 9.17) is 11.5 Å². The summed E-state index contributed by atoms with van der Waals surface area (Å²) in [4.78, 5) is 40.7. The average Bonchev–Trinajstić information content (AvgIpc) is 2.22. The highest BCUT2D eigenvalue weighted by molar-refractivity contribution is 5.78. The van der Waals surface area contributed by atoms with Gasteiger partial charge in [-0.3, -0.25) is 4.79 Å². The van der Waals surface area contributed by atoms with E-state index in [1.165, 1.54) is 0 Å². The summed E-state index contributed by atoms with van der Waals surface area (Å²) in [6.45, 7) is 1.78. The molecule has 7 nitrogen and oxygen atoms in total. The van der Waals surface area contributed by atoms with Crippen LogP contribution in [0.3, 0.4) is 0 Å². The summed E-state index contributed by atoms with van der Waals surface area (Å²) in [7, 11) is 0. The van der Waals surface area contributed by atoms with Crippen molar-refractivity contribution in [3.63, 3.8) is 0 Å². The molecule has 0 spiro atoms. The zero-order valence-electron chi connectivity index (χ0n) is 9.10. The van der Waals surface area contributed by atoms with Gasteiger partial charge in [0.1, 0.15) is 6.04 Å². The minimum absolute atomic E-state index is 0.0286. The molecular formula is C9H16N2O5. The number of amides is 1. The zero-order valence-corrected chi connectivity index (χ0v) is 9.10. The maximum absolute atomic E-state index is 11.1. The number of rotatable bonds is 6. The lowest BCUT2D eigenvalue weighted by Crippen LogP contribution is -2.34. The minimum atomic E-state index is -1.03. The highest BCUT2D eigenvalue weighted by atomic mass is 17.2. The third-order valence-corrected chi connectivity index (χ3v) is 1.68. The molecule has 1 unspecified atom stereocenters. The predicted octanol–water partition coefficient (Wildman–Crippen LogP) is -0.619. The van der Waals surface area contributed by atoms with E-state index < -0.39 is 23.9 Å². The number of primary amides is 1. The van der Waals surface area contributed by atoms with Crippen LogP contribution in [-0.4, -0.2) is 23.9 Å². The Balaban J connectivity index is 3.78. The van der Waals surface area contributed by atoms with Crippen molar-refractivity contribution in [2.45, 2.75) is 38.6 Å². The van der Waals surface area contributed by atoms with Crippen LogP contribution >= 0.6 is 0 Å². The standard InChI is InChI=1S/C9H16N2O5/c1-2-3-8(13)15-16-9(14)6(10)4-5-7(11)12/h6H,2-5,10H2,1H3,(H2,11,12). The molecule has 0 bridgehead atoms. The molecule has 7 heteroatoms. The van der Waals surface area contributed by atoms with E-state index in [2.05, 4.69) is 9.78 Å². The molecule has 16 heavy (non-hydrogen) atoms. The molecule has 1 amide bonds. The SMILES string of the molecule is CCCC(=O)OOC(=O)C(N)CCC(N)=O. The lowest BCUT2D eigenvalue weighted by Gasteiger charge is -2.08. The Labute approximate surface area is 93.0 Å². The second-order valence-electron chi connectivity index (χ2n) is 3.22. The number of nitrogens with two attached hydrogens (primary N) is 2. The Kier molecular flexibility index (Phi) is 6.86. The first-order valence-electron chi connectivity index (χ1n) is 4.92. The van der Waals surface area contributed by atoms with Crippen LogP contribution in [0.15, 0.2) is 0 Å². The van der Waals surface area contributed by atoms with Crippen LogP contribution in [0.25, 0.3) is 0 Å². The van der Waals surface area contributed by atoms with Gasteiger partial charge in [-0.15, -0.1) is 0 Å². The summed E-state index contributed by atoms with van der Waals surface area (Å²) in [6, 6.07) is -1.03. The van der Waals surface area contributed by atoms with E-state index in [0.717, 1.165) is 0 Å². The van der Waals surface area contributed by atoms with Gasteiger partial charge in [0.05, 0.1) is 0 Å². The Morgan fingerprint density at radius 1 is 1.19 bits per heavy atom. The molecule has 0 rings (SSSR count). The Morgan fingerprint density at radius 2 is 1.81 bits per heavy atom. The van der Waals surface area contributed by atoms with Crippen molar-refractivity contribution in [2.75, 3.05) is 0 Å². The van der Waals surface area contributed by atoms with Crippen LogP contribution < -0.4 is 11.5 Å². The zero-order chi connectivity index (χ0) is 12.6. The predicted molar refractivity (Wildman–Crippen MR) is 53.5 cm³/mol. The first-order chi connectivity index (χ1) is 7.47. The van der Waals surface area contributed by atoms with Crippen LogP contribution in [0.1, 0.15) is 32.6 Å². The molecule has 4 N–H and O–H groups in total. The van der Waals surface area contributed by atoms with Gasteiger partial charge in [0.15, 0.2) is 0 Å². The van der Waals surface area contributed by atoms with Gasteiger partial charge in [-0.25, -0.2) is 19.4 Å². The maximum atomic E-state index is 11.1. The fraction of sp³-hybridized carbons (Fsp3) is 0.667. The van der Waals surface area contributed by atoms with E-state index in [1.54, 1.807) is 6.92 Å². The van der Waals surface area contributed by atoms with Crippen LogP contribution in [-0.2, 0) is 24.2 Å². The largest absolute Gasteiger partial charge is 0.372 e. The fourth-order valence-corrected chi connectivity index (χ4v) is 0.811. The van der Waals surface area contributed by atoms with Gasteiger partial charge in [-0.1, -0.05) is 6.92 Å². The quantitative estimate of drug-likeness (QED) is 0.465. The highest BCUT2D eigenvalue weighted by Crippen LogP contribution is 1.99. The third-order valence-electron chi connectivity index (χ3n) is 1.68. The molecule has 0 fully saturated rings. The normalized spacial score (nSPS) is 11.6. The monoisotopic (exact) mass is 232 g/mol. The summed E-state index contributed by atoms with van der Waals surface area (Å²) in [5, 5.41) is 0. The summed E-state index contributed by atoms with van der Waals surface area (Å²) in [6.07, 6.45) is 0.770. The van der Waals surface area contributed by atoms with E-state index in [-0.39, 0.29) is 19.3 Å². The number of carbonyl (C=O) groups excluding carboxylic acids is 3. The van der Waals surface area contributed by atoms with Crippen molar-refractivity contribution >= 4 is 17.8 Å². The van der Waals surface area contributed by atoms with Crippen LogP contribution in [0.2, 0.25) is 0 Å². The summed E-state index contributed by atoms with van der Waals surface area (Å²) in [5.41, 5.74) is 10.2. The second-order valence-corrected chi connectivity index (χ2v) is 3.22. The van der Waals surface area contributed by atoms with Crippen molar-refractivity contribution in [1.29, 1.82) is 0 Å². The maximum Gasteiger partial charge on any atom is 0.372 e. The van der Waals surface area contributed by atoms with E-state index in [1.807, 2.05) is 0 Å². The number of carbonyl (C=O) groups is 3. The van der Waals surface area contributed by atoms with Gasteiger partial charge < -0.3 is 11.5 Å². The average molecular weight is 232 g/mol. The molecular weight excluding hydrogens is 216 g/mol. The van der Waals surface area contributed by atoms with Crippen molar-refractivity contribution in [2.24, 2.45) is 11.5 Å².